The van der Waals surface area contributed by atoms with Crippen LogP contribution in [-0.2, 0) is 21.2 Å². The summed E-state index contributed by atoms with van der Waals surface area (Å²) in [4.78, 5) is 18.0. The fourth-order valence-corrected chi connectivity index (χ4v) is 4.75. The molecule has 5 rings (SSSR count). The van der Waals surface area contributed by atoms with Crippen LogP contribution in [0.15, 0.2) is 30.3 Å². The molecule has 0 spiro atoms. The van der Waals surface area contributed by atoms with Crippen molar-refractivity contribution in [2.24, 2.45) is 5.92 Å². The van der Waals surface area contributed by atoms with Gasteiger partial charge in [0.1, 0.15) is 11.6 Å². The number of hydrogen-bond acceptors (Lipinski definition) is 6. The number of likely N-dealkylation sites (tertiary alicyclic amines) is 1. The maximum Gasteiger partial charge on any atom is 0.249 e. The van der Waals surface area contributed by atoms with Gasteiger partial charge < -0.3 is 0 Å². The monoisotopic (exact) mass is 461 g/mol. The molecular formula is C21H21F2N5O3S. The standard InChI is InChI=1S/C21H21F2N5O3S/c1-32(30,31)14-9-27(10-14)11-15-16(22)7-13(8-17(15)23)18-3-2-4-19-24-21(26-28(18)19)25-20(29)12-5-6-12/h2-4,7-8,12,14H,5-6,9-11H2,1H3,(H,25,26,29). The number of pyridine rings is 1. The minimum absolute atomic E-state index is 0.00376. The number of amides is 1. The van der Waals surface area contributed by atoms with Crippen molar-refractivity contribution in [3.63, 3.8) is 0 Å². The van der Waals surface area contributed by atoms with Crippen molar-refractivity contribution >= 4 is 27.3 Å². The molecule has 2 fully saturated rings. The lowest BCUT2D eigenvalue weighted by molar-refractivity contribution is -0.117. The van der Waals surface area contributed by atoms with E-state index in [-0.39, 0.29) is 48.5 Å². The summed E-state index contributed by atoms with van der Waals surface area (Å²) >= 11 is 0. The van der Waals surface area contributed by atoms with Crippen molar-refractivity contribution in [2.45, 2.75) is 24.6 Å². The van der Waals surface area contributed by atoms with E-state index in [2.05, 4.69) is 15.4 Å². The molecule has 2 aromatic heterocycles. The lowest BCUT2D eigenvalue weighted by Gasteiger charge is -2.38. The van der Waals surface area contributed by atoms with Crippen LogP contribution in [0.25, 0.3) is 16.9 Å². The molecule has 1 saturated heterocycles. The molecule has 0 unspecified atom stereocenters. The topological polar surface area (TPSA) is 96.7 Å². The highest BCUT2D eigenvalue weighted by Crippen LogP contribution is 2.30. The molecule has 0 atom stereocenters. The first kappa shape index (κ1) is 21.0. The molecular weight excluding hydrogens is 440 g/mol. The first-order chi connectivity index (χ1) is 15.2. The summed E-state index contributed by atoms with van der Waals surface area (Å²) in [5.74, 6) is -1.43. The van der Waals surface area contributed by atoms with Gasteiger partial charge in [-0.05, 0) is 37.1 Å². The van der Waals surface area contributed by atoms with Crippen LogP contribution in [0.4, 0.5) is 14.7 Å². The van der Waals surface area contributed by atoms with Gasteiger partial charge >= 0.3 is 0 Å². The van der Waals surface area contributed by atoms with Crippen LogP contribution in [0.3, 0.4) is 0 Å². The molecule has 11 heteroatoms. The molecule has 8 nitrogen and oxygen atoms in total. The summed E-state index contributed by atoms with van der Waals surface area (Å²) in [7, 11) is -3.15. The van der Waals surface area contributed by atoms with Gasteiger partial charge in [-0.25, -0.2) is 21.7 Å². The van der Waals surface area contributed by atoms with E-state index in [4.69, 9.17) is 0 Å². The number of nitrogens with zero attached hydrogens (tertiary/aromatic N) is 4. The Morgan fingerprint density at radius 1 is 1.19 bits per heavy atom. The minimum atomic E-state index is -3.15. The molecule has 0 radical (unpaired) electrons. The third-order valence-electron chi connectivity index (χ3n) is 5.89. The lowest BCUT2D eigenvalue weighted by Crippen LogP contribution is -2.53. The highest BCUT2D eigenvalue weighted by atomic mass is 32.2. The average molecular weight is 461 g/mol. The average Bonchev–Trinajstić information content (AvgIpc) is 3.44. The fourth-order valence-electron chi connectivity index (χ4n) is 3.78. The quantitative estimate of drug-likeness (QED) is 0.605. The zero-order chi connectivity index (χ0) is 22.6. The maximum absolute atomic E-state index is 14.8. The molecule has 3 aromatic rings. The molecule has 1 saturated carbocycles. The minimum Gasteiger partial charge on any atom is -0.296 e. The maximum atomic E-state index is 14.8. The van der Waals surface area contributed by atoms with Crippen molar-refractivity contribution in [1.82, 2.24) is 19.5 Å². The van der Waals surface area contributed by atoms with Gasteiger partial charge in [0.15, 0.2) is 15.5 Å². The second kappa shape index (κ2) is 7.59. The molecule has 2 aliphatic rings. The molecule has 3 heterocycles. The number of sulfone groups is 1. The lowest BCUT2D eigenvalue weighted by atomic mass is 10.0. The number of benzene rings is 1. The van der Waals surface area contributed by atoms with Crippen molar-refractivity contribution in [3.05, 3.63) is 47.5 Å². The molecule has 1 aliphatic carbocycles. The van der Waals surface area contributed by atoms with E-state index in [9.17, 15) is 22.0 Å². The van der Waals surface area contributed by atoms with Gasteiger partial charge in [-0.2, -0.15) is 4.98 Å². The van der Waals surface area contributed by atoms with Gasteiger partial charge in [-0.15, -0.1) is 5.10 Å². The Hall–Kier alpha value is -2.92. The van der Waals surface area contributed by atoms with Gasteiger partial charge in [0, 0.05) is 42.9 Å². The molecule has 1 aliphatic heterocycles. The molecule has 32 heavy (non-hydrogen) atoms. The van der Waals surface area contributed by atoms with Crippen molar-refractivity contribution in [1.29, 1.82) is 0 Å². The van der Waals surface area contributed by atoms with Crippen LogP contribution >= 0.6 is 0 Å². The summed E-state index contributed by atoms with van der Waals surface area (Å²) in [6.07, 6.45) is 2.86. The number of nitrogens with one attached hydrogen (secondary N) is 1. The van der Waals surface area contributed by atoms with E-state index in [1.54, 1.807) is 23.1 Å². The first-order valence-electron chi connectivity index (χ1n) is 10.3. The SMILES string of the molecule is CS(=O)(=O)C1CN(Cc2c(F)cc(-c3cccc4nc(NC(=O)C5CC5)nn34)cc2F)C1. The van der Waals surface area contributed by atoms with Gasteiger partial charge in [0.05, 0.1) is 10.9 Å². The summed E-state index contributed by atoms with van der Waals surface area (Å²) in [5, 5.41) is 6.47. The third kappa shape index (κ3) is 3.97. The van der Waals surface area contributed by atoms with Gasteiger partial charge in [0.2, 0.25) is 11.9 Å². The van der Waals surface area contributed by atoms with Crippen molar-refractivity contribution in [2.75, 3.05) is 24.7 Å². The highest BCUT2D eigenvalue weighted by Gasteiger charge is 2.35. The Labute approximate surface area is 183 Å². The van der Waals surface area contributed by atoms with E-state index >= 15 is 0 Å². The highest BCUT2D eigenvalue weighted by molar-refractivity contribution is 7.91. The summed E-state index contributed by atoms with van der Waals surface area (Å²) < 4.78 is 54.2. The fraction of sp³-hybridized carbons (Fsp3) is 0.381. The van der Waals surface area contributed by atoms with Gasteiger partial charge in [-0.3, -0.25) is 15.0 Å². The number of hydrogen-bond donors (Lipinski definition) is 1. The van der Waals surface area contributed by atoms with Crippen molar-refractivity contribution in [3.8, 4) is 11.3 Å². The van der Waals surface area contributed by atoms with E-state index < -0.39 is 26.7 Å². The Bertz CT molecular complexity index is 1310. The predicted molar refractivity (Wildman–Crippen MR) is 114 cm³/mol. The number of carbonyl (C=O) groups is 1. The molecule has 1 N–H and O–H groups in total. The normalized spacial score (nSPS) is 17.5. The molecule has 1 amide bonds. The van der Waals surface area contributed by atoms with Crippen LogP contribution in [-0.4, -0.2) is 58.4 Å². The summed E-state index contributed by atoms with van der Waals surface area (Å²) in [5.41, 5.74) is 1.03. The summed E-state index contributed by atoms with van der Waals surface area (Å²) in [6.45, 7) is 0.509. The van der Waals surface area contributed by atoms with Crippen LogP contribution in [0, 0.1) is 17.6 Å². The van der Waals surface area contributed by atoms with Gasteiger partial charge in [0.25, 0.3) is 0 Å². The first-order valence-corrected chi connectivity index (χ1v) is 12.2. The zero-order valence-corrected chi connectivity index (χ0v) is 18.1. The molecule has 1 aromatic carbocycles. The van der Waals surface area contributed by atoms with E-state index in [0.717, 1.165) is 12.8 Å². The van der Waals surface area contributed by atoms with Crippen LogP contribution in [0.1, 0.15) is 18.4 Å². The smallest absolute Gasteiger partial charge is 0.249 e. The third-order valence-corrected chi connectivity index (χ3v) is 7.40. The Kier molecular flexibility index (Phi) is 4.97. The summed E-state index contributed by atoms with van der Waals surface area (Å²) in [6, 6.07) is 7.50. The van der Waals surface area contributed by atoms with E-state index in [1.807, 2.05) is 0 Å². The number of fused-ring (bicyclic) bond motifs is 1. The number of anilines is 1. The number of carbonyl (C=O) groups excluding carboxylic acids is 1. The number of rotatable bonds is 6. The molecule has 168 valence electrons. The van der Waals surface area contributed by atoms with Crippen molar-refractivity contribution < 1.29 is 22.0 Å². The van der Waals surface area contributed by atoms with Crippen LogP contribution < -0.4 is 5.32 Å². The Morgan fingerprint density at radius 2 is 1.88 bits per heavy atom. The Morgan fingerprint density at radius 3 is 2.50 bits per heavy atom. The van der Waals surface area contributed by atoms with Gasteiger partial charge in [-0.1, -0.05) is 6.07 Å². The van der Waals surface area contributed by atoms with E-state index in [0.29, 0.717) is 11.3 Å². The predicted octanol–water partition coefficient (Wildman–Crippen LogP) is 2.25. The van der Waals surface area contributed by atoms with Crippen LogP contribution in [0.5, 0.6) is 0 Å². The zero-order valence-electron chi connectivity index (χ0n) is 17.3. The second-order valence-corrected chi connectivity index (χ2v) is 10.8. The largest absolute Gasteiger partial charge is 0.296 e. The Balaban J connectivity index is 1.40. The molecule has 0 bridgehead atoms. The second-order valence-electron chi connectivity index (χ2n) is 8.44. The van der Waals surface area contributed by atoms with Crippen LogP contribution in [0.2, 0.25) is 0 Å². The van der Waals surface area contributed by atoms with E-state index in [1.165, 1.54) is 22.9 Å². The number of aromatic nitrogens is 3. The number of halogens is 2.